The molecule has 6 heteroatoms. The van der Waals surface area contributed by atoms with Crippen LogP contribution in [0.3, 0.4) is 0 Å². The van der Waals surface area contributed by atoms with Crippen LogP contribution < -0.4 is 4.99 Å². The highest BCUT2D eigenvalue weighted by Crippen LogP contribution is 2.27. The third kappa shape index (κ3) is 2.62. The van der Waals surface area contributed by atoms with Crippen LogP contribution in [0.1, 0.15) is 12.5 Å². The number of amidine groups is 1. The Morgan fingerprint density at radius 2 is 2.04 bits per heavy atom. The van der Waals surface area contributed by atoms with Crippen LogP contribution in [0.5, 0.6) is 5.75 Å². The van der Waals surface area contributed by atoms with Crippen LogP contribution in [0, 0.1) is 0 Å². The molecule has 2 aliphatic rings. The first kappa shape index (κ1) is 14.5. The lowest BCUT2D eigenvalue weighted by Crippen LogP contribution is -2.78. The summed E-state index contributed by atoms with van der Waals surface area (Å²) in [5.74, 6) is 0.463. The van der Waals surface area contributed by atoms with Gasteiger partial charge in [-0.25, -0.2) is 9.79 Å². The number of aromatic amines is 1. The number of aromatic nitrogens is 1. The van der Waals surface area contributed by atoms with Gasteiger partial charge in [-0.05, 0) is 23.8 Å². The van der Waals surface area contributed by atoms with Crippen LogP contribution in [-0.4, -0.2) is 39.0 Å². The predicted octanol–water partition coefficient (Wildman–Crippen LogP) is 1.19. The molecule has 2 aromatic carbocycles. The van der Waals surface area contributed by atoms with Crippen LogP contribution in [0.25, 0.3) is 16.6 Å². The van der Waals surface area contributed by atoms with E-state index in [1.165, 1.54) is 4.90 Å². The SMILES string of the molecule is [2H]C1=NC(c2c[nH]c3ccccc23)=CN2C(=O)C(Cc3ccc(O)cc3)[NH+]=C12. The first-order valence-corrected chi connectivity index (χ1v) is 8.68. The average Bonchev–Trinajstić information content (AvgIpc) is 3.26. The van der Waals surface area contributed by atoms with Crippen LogP contribution in [-0.2, 0) is 11.2 Å². The second-order valence-electron chi connectivity index (χ2n) is 6.61. The molecule has 132 valence electrons. The summed E-state index contributed by atoms with van der Waals surface area (Å²) in [5, 5.41) is 10.4. The second kappa shape index (κ2) is 5.95. The number of fused-ring (bicyclic) bond motifs is 2. The Bertz CT molecular complexity index is 1190. The van der Waals surface area contributed by atoms with E-state index in [0.29, 0.717) is 18.0 Å². The predicted molar refractivity (Wildman–Crippen MR) is 103 cm³/mol. The number of nitrogens with zero attached hydrogens (tertiary/aromatic N) is 2. The summed E-state index contributed by atoms with van der Waals surface area (Å²) in [6.07, 6.45) is 4.03. The minimum Gasteiger partial charge on any atom is -0.508 e. The Labute approximate surface area is 156 Å². The van der Waals surface area contributed by atoms with Gasteiger partial charge in [0, 0.05) is 29.1 Å². The van der Waals surface area contributed by atoms with E-state index in [2.05, 4.69) is 15.0 Å². The standard InChI is InChI=1S/C21H16N4O2/c26-14-7-5-13(6-8-14)9-18-21(27)25-12-19(23-11-20(25)24-18)16-10-22-17-4-2-1-3-15(16)17/h1-8,10-12,18,22,26H,9H2/p+1/i11D. The largest absolute Gasteiger partial charge is 0.508 e. The number of nitrogens with one attached hydrogen (secondary N) is 2. The van der Waals surface area contributed by atoms with Crippen molar-refractivity contribution in [1.82, 2.24) is 9.88 Å². The molecule has 2 aliphatic heterocycles. The van der Waals surface area contributed by atoms with Crippen molar-refractivity contribution in [2.45, 2.75) is 12.5 Å². The molecule has 27 heavy (non-hydrogen) atoms. The van der Waals surface area contributed by atoms with Gasteiger partial charge >= 0.3 is 11.7 Å². The number of aromatic hydroxyl groups is 1. The van der Waals surface area contributed by atoms with E-state index in [1.807, 2.05) is 30.5 Å². The molecular formula is C21H17N4O2+. The number of benzene rings is 2. The number of carbonyl (C=O) groups excluding carboxylic acids is 1. The fourth-order valence-corrected chi connectivity index (χ4v) is 3.47. The molecule has 3 aromatic rings. The Hall–Kier alpha value is -3.67. The molecule has 6 nitrogen and oxygen atoms in total. The molecular weight excluding hydrogens is 340 g/mol. The van der Waals surface area contributed by atoms with Gasteiger partial charge in [0.25, 0.3) is 0 Å². The fourth-order valence-electron chi connectivity index (χ4n) is 3.47. The molecule has 1 unspecified atom stereocenters. The van der Waals surface area contributed by atoms with Gasteiger partial charge in [-0.1, -0.05) is 30.3 Å². The van der Waals surface area contributed by atoms with Gasteiger partial charge in [0.1, 0.15) is 23.8 Å². The Balaban J connectivity index is 1.48. The number of hydrogen-bond donors (Lipinski definition) is 3. The lowest BCUT2D eigenvalue weighted by Gasteiger charge is -2.10. The van der Waals surface area contributed by atoms with E-state index >= 15 is 0 Å². The van der Waals surface area contributed by atoms with Gasteiger partial charge in [-0.2, -0.15) is 4.90 Å². The molecule has 0 radical (unpaired) electrons. The van der Waals surface area contributed by atoms with Crippen LogP contribution in [0.15, 0.2) is 65.9 Å². The molecule has 5 rings (SSSR count). The van der Waals surface area contributed by atoms with Crippen molar-refractivity contribution in [3.8, 4) is 5.75 Å². The van der Waals surface area contributed by atoms with E-state index in [4.69, 9.17) is 1.37 Å². The summed E-state index contributed by atoms with van der Waals surface area (Å²) < 4.78 is 8.30. The van der Waals surface area contributed by atoms with Crippen LogP contribution >= 0.6 is 0 Å². The maximum atomic E-state index is 12.9. The number of para-hydroxylation sites is 1. The van der Waals surface area contributed by atoms with Crippen LogP contribution in [0.4, 0.5) is 0 Å². The topological polar surface area (TPSA) is 82.7 Å². The number of amides is 1. The van der Waals surface area contributed by atoms with E-state index in [1.54, 1.807) is 30.5 Å². The summed E-state index contributed by atoms with van der Waals surface area (Å²) in [5.41, 5.74) is 3.33. The smallest absolute Gasteiger partial charge is 0.359 e. The highest BCUT2D eigenvalue weighted by atomic mass is 16.3. The van der Waals surface area contributed by atoms with Gasteiger partial charge in [0.15, 0.2) is 6.04 Å². The molecule has 1 amide bonds. The third-order valence-corrected chi connectivity index (χ3v) is 4.86. The molecule has 0 saturated carbocycles. The Kier molecular flexibility index (Phi) is 3.19. The van der Waals surface area contributed by atoms with Gasteiger partial charge in [-0.15, -0.1) is 0 Å². The van der Waals surface area contributed by atoms with Crippen molar-refractivity contribution in [2.75, 3.05) is 0 Å². The van der Waals surface area contributed by atoms with Gasteiger partial charge in [-0.3, -0.25) is 4.99 Å². The molecule has 0 spiro atoms. The number of hydrogen-bond acceptors (Lipinski definition) is 3. The number of H-pyrrole nitrogens is 1. The lowest BCUT2D eigenvalue weighted by molar-refractivity contribution is -0.478. The first-order valence-electron chi connectivity index (χ1n) is 9.18. The Morgan fingerprint density at radius 3 is 2.89 bits per heavy atom. The highest BCUT2D eigenvalue weighted by Gasteiger charge is 2.42. The van der Waals surface area contributed by atoms with Crippen molar-refractivity contribution in [1.29, 1.82) is 0 Å². The number of phenols is 1. The molecule has 0 bridgehead atoms. The van der Waals surface area contributed by atoms with Crippen LogP contribution in [0.2, 0.25) is 0 Å². The zero-order valence-corrected chi connectivity index (χ0v) is 14.3. The van der Waals surface area contributed by atoms with E-state index in [0.717, 1.165) is 22.0 Å². The lowest BCUT2D eigenvalue weighted by atomic mass is 10.1. The summed E-state index contributed by atoms with van der Waals surface area (Å²) in [4.78, 5) is 25.1. The second-order valence-corrected chi connectivity index (χ2v) is 6.61. The first-order chi connectivity index (χ1) is 13.6. The number of carbonyl (C=O) groups is 1. The number of rotatable bonds is 3. The Morgan fingerprint density at radius 1 is 1.22 bits per heavy atom. The minimum absolute atomic E-state index is 0.0318. The summed E-state index contributed by atoms with van der Waals surface area (Å²) in [6.45, 7) is 0. The summed E-state index contributed by atoms with van der Waals surface area (Å²) >= 11 is 0. The fraction of sp³-hybridized carbons (Fsp3) is 0.0952. The zero-order chi connectivity index (χ0) is 19.3. The van der Waals surface area contributed by atoms with Gasteiger partial charge in [0.05, 0.1) is 1.37 Å². The molecule has 1 aromatic heterocycles. The maximum absolute atomic E-state index is 12.9. The van der Waals surface area contributed by atoms with Gasteiger partial charge < -0.3 is 10.1 Å². The summed E-state index contributed by atoms with van der Waals surface area (Å²) in [7, 11) is 0. The van der Waals surface area contributed by atoms with Gasteiger partial charge in [0.2, 0.25) is 0 Å². The van der Waals surface area contributed by atoms with Crippen molar-refractivity contribution in [3.63, 3.8) is 0 Å². The van der Waals surface area contributed by atoms with E-state index in [9.17, 15) is 9.90 Å². The molecule has 1 atom stereocenters. The van der Waals surface area contributed by atoms with Crippen molar-refractivity contribution in [3.05, 3.63) is 72.1 Å². The van der Waals surface area contributed by atoms with Crippen molar-refractivity contribution >= 4 is 34.5 Å². The molecule has 0 aliphatic carbocycles. The number of phenolic OH excluding ortho intramolecular Hbond substituents is 1. The minimum atomic E-state index is -0.478. The van der Waals surface area contributed by atoms with Crippen molar-refractivity contribution in [2.24, 2.45) is 4.99 Å². The third-order valence-electron chi connectivity index (χ3n) is 4.86. The molecule has 3 N–H and O–H groups in total. The quantitative estimate of drug-likeness (QED) is 0.657. The number of aliphatic imine (C=N–C) groups is 1. The average molecular weight is 358 g/mol. The normalized spacial score (nSPS) is 19.5. The monoisotopic (exact) mass is 358 g/mol. The van der Waals surface area contributed by atoms with E-state index < -0.39 is 6.04 Å². The maximum Gasteiger partial charge on any atom is 0.359 e. The zero-order valence-electron chi connectivity index (χ0n) is 15.3. The molecule has 0 fully saturated rings. The highest BCUT2D eigenvalue weighted by molar-refractivity contribution is 6.34. The van der Waals surface area contributed by atoms with Crippen molar-refractivity contribution < 1.29 is 16.3 Å². The van der Waals surface area contributed by atoms with E-state index in [-0.39, 0.29) is 17.8 Å². The molecule has 3 heterocycles. The summed E-state index contributed by atoms with van der Waals surface area (Å²) in [6, 6.07) is 14.1. The molecule has 0 saturated heterocycles.